The highest BCUT2D eigenvalue weighted by Crippen LogP contribution is 2.13. The number of nitrogens with one attached hydrogen (secondary N) is 1. The van der Waals surface area contributed by atoms with Gasteiger partial charge < -0.3 is 4.74 Å². The Morgan fingerprint density at radius 1 is 1.44 bits per heavy atom. The average molecular weight is 285 g/mol. The zero-order valence-corrected chi connectivity index (χ0v) is 10.7. The first-order valence-electron chi connectivity index (χ1n) is 4.86. The van der Waals surface area contributed by atoms with Crippen LogP contribution in [0.4, 0.5) is 5.69 Å². The molecule has 0 radical (unpaired) electrons. The minimum absolute atomic E-state index is 0.296. The molecule has 16 heavy (non-hydrogen) atoms. The third-order valence-electron chi connectivity index (χ3n) is 1.77. The number of anilines is 1. The monoisotopic (exact) mass is 284 g/mol. The zero-order chi connectivity index (χ0) is 12.0. The summed E-state index contributed by atoms with van der Waals surface area (Å²) in [5.41, 5.74) is 3.89. The highest BCUT2D eigenvalue weighted by Gasteiger charge is 2.05. The molecule has 0 saturated carbocycles. The van der Waals surface area contributed by atoms with E-state index in [1.165, 1.54) is 0 Å². The van der Waals surface area contributed by atoms with Gasteiger partial charge in [-0.3, -0.25) is 5.43 Å². The normalized spacial score (nSPS) is 11.1. The molecule has 0 saturated heterocycles. The topological polar surface area (TPSA) is 50.7 Å². The van der Waals surface area contributed by atoms with Crippen LogP contribution in [-0.2, 0) is 9.53 Å². The van der Waals surface area contributed by atoms with Gasteiger partial charge in [0.2, 0.25) is 0 Å². The lowest BCUT2D eigenvalue weighted by Crippen LogP contribution is -2.15. The van der Waals surface area contributed by atoms with Crippen LogP contribution in [0.1, 0.15) is 13.8 Å². The predicted octanol–water partition coefficient (Wildman–Crippen LogP) is 2.80. The fourth-order valence-corrected chi connectivity index (χ4v) is 1.22. The largest absolute Gasteiger partial charge is 0.461 e. The molecule has 0 amide bonds. The van der Waals surface area contributed by atoms with Gasteiger partial charge in [0.25, 0.3) is 0 Å². The first-order valence-corrected chi connectivity index (χ1v) is 5.65. The van der Waals surface area contributed by atoms with E-state index in [2.05, 4.69) is 26.5 Å². The molecule has 1 rings (SSSR count). The molecule has 1 aromatic rings. The van der Waals surface area contributed by atoms with Gasteiger partial charge in [-0.25, -0.2) is 4.79 Å². The van der Waals surface area contributed by atoms with Gasteiger partial charge in [-0.15, -0.1) is 0 Å². The van der Waals surface area contributed by atoms with Crippen molar-refractivity contribution in [3.63, 3.8) is 0 Å². The van der Waals surface area contributed by atoms with E-state index < -0.39 is 5.97 Å². The Morgan fingerprint density at radius 2 is 2.06 bits per heavy atom. The van der Waals surface area contributed by atoms with Crippen molar-refractivity contribution in [1.29, 1.82) is 0 Å². The fourth-order valence-electron chi connectivity index (χ4n) is 0.954. The summed E-state index contributed by atoms with van der Waals surface area (Å²) in [5, 5.41) is 3.92. The Bertz CT molecular complexity index is 387. The number of esters is 1. The molecule has 0 bridgehead atoms. The Hall–Kier alpha value is -1.36. The summed E-state index contributed by atoms with van der Waals surface area (Å²) < 4.78 is 5.78. The van der Waals surface area contributed by atoms with Gasteiger partial charge in [0.05, 0.1) is 12.3 Å². The Morgan fingerprint density at radius 3 is 2.62 bits per heavy atom. The van der Waals surface area contributed by atoms with Crippen LogP contribution in [-0.4, -0.2) is 18.3 Å². The third-order valence-corrected chi connectivity index (χ3v) is 2.30. The van der Waals surface area contributed by atoms with Crippen molar-refractivity contribution in [1.82, 2.24) is 0 Å². The van der Waals surface area contributed by atoms with E-state index in [1.807, 2.05) is 24.3 Å². The summed E-state index contributed by atoms with van der Waals surface area (Å²) >= 11 is 3.33. The molecule has 4 nitrogen and oxygen atoms in total. The first-order chi connectivity index (χ1) is 7.63. The van der Waals surface area contributed by atoms with Gasteiger partial charge in [0, 0.05) is 4.47 Å². The van der Waals surface area contributed by atoms with Crippen molar-refractivity contribution in [3.05, 3.63) is 28.7 Å². The van der Waals surface area contributed by atoms with E-state index in [4.69, 9.17) is 4.74 Å². The lowest BCUT2D eigenvalue weighted by atomic mass is 10.3. The predicted molar refractivity (Wildman–Crippen MR) is 67.5 cm³/mol. The molecule has 0 unspecified atom stereocenters. The molecule has 1 N–H and O–H groups in total. The number of nitrogens with zero attached hydrogens (tertiary/aromatic N) is 1. The van der Waals surface area contributed by atoms with E-state index in [0.717, 1.165) is 10.2 Å². The summed E-state index contributed by atoms with van der Waals surface area (Å²) in [5.74, 6) is -0.410. The van der Waals surface area contributed by atoms with Crippen molar-refractivity contribution in [2.24, 2.45) is 5.10 Å². The maximum Gasteiger partial charge on any atom is 0.354 e. The first kappa shape index (κ1) is 12.7. The number of rotatable bonds is 4. The zero-order valence-electron chi connectivity index (χ0n) is 9.16. The number of halogens is 1. The van der Waals surface area contributed by atoms with Gasteiger partial charge in [0.15, 0.2) is 0 Å². The number of hydrogen-bond donors (Lipinski definition) is 1. The number of carbonyl (C=O) groups is 1. The second kappa shape index (κ2) is 6.27. The summed E-state index contributed by atoms with van der Waals surface area (Å²) in [4.78, 5) is 11.2. The third kappa shape index (κ3) is 4.02. The molecule has 5 heteroatoms. The fraction of sp³-hybridized carbons (Fsp3) is 0.273. The van der Waals surface area contributed by atoms with Crippen molar-refractivity contribution in [2.45, 2.75) is 13.8 Å². The van der Waals surface area contributed by atoms with E-state index >= 15 is 0 Å². The van der Waals surface area contributed by atoms with E-state index in [9.17, 15) is 4.79 Å². The van der Waals surface area contributed by atoms with Gasteiger partial charge in [-0.1, -0.05) is 15.9 Å². The van der Waals surface area contributed by atoms with Crippen LogP contribution in [0.2, 0.25) is 0 Å². The van der Waals surface area contributed by atoms with Gasteiger partial charge in [-0.05, 0) is 38.1 Å². The summed E-state index contributed by atoms with van der Waals surface area (Å²) in [6.45, 7) is 3.71. The Labute approximate surface area is 103 Å². The summed E-state index contributed by atoms with van der Waals surface area (Å²) in [7, 11) is 0. The Balaban J connectivity index is 2.58. The lowest BCUT2D eigenvalue weighted by Gasteiger charge is -2.03. The smallest absolute Gasteiger partial charge is 0.354 e. The molecule has 0 fully saturated rings. The summed E-state index contributed by atoms with van der Waals surface area (Å²) in [6, 6.07) is 7.48. The minimum atomic E-state index is -0.410. The average Bonchev–Trinajstić information content (AvgIpc) is 2.28. The highest BCUT2D eigenvalue weighted by molar-refractivity contribution is 9.10. The molecule has 86 valence electrons. The van der Waals surface area contributed by atoms with E-state index in [0.29, 0.717) is 12.3 Å². The maximum absolute atomic E-state index is 11.2. The highest BCUT2D eigenvalue weighted by atomic mass is 79.9. The molecule has 0 aliphatic heterocycles. The molecule has 0 atom stereocenters. The van der Waals surface area contributed by atoms with Gasteiger partial charge in [0.1, 0.15) is 5.71 Å². The lowest BCUT2D eigenvalue weighted by molar-refractivity contribution is -0.135. The van der Waals surface area contributed by atoms with Crippen molar-refractivity contribution < 1.29 is 9.53 Å². The quantitative estimate of drug-likeness (QED) is 0.526. The number of hydrazone groups is 1. The molecule has 0 aliphatic rings. The number of ether oxygens (including phenoxy) is 1. The van der Waals surface area contributed by atoms with Crippen molar-refractivity contribution in [3.8, 4) is 0 Å². The number of benzene rings is 1. The number of carbonyl (C=O) groups excluding carboxylic acids is 1. The van der Waals surface area contributed by atoms with Crippen LogP contribution in [0.3, 0.4) is 0 Å². The molecule has 0 aromatic heterocycles. The van der Waals surface area contributed by atoms with E-state index in [-0.39, 0.29) is 0 Å². The summed E-state index contributed by atoms with van der Waals surface area (Å²) in [6.07, 6.45) is 0. The van der Waals surface area contributed by atoms with Gasteiger partial charge >= 0.3 is 5.97 Å². The molecule has 0 spiro atoms. The van der Waals surface area contributed by atoms with Crippen LogP contribution < -0.4 is 5.43 Å². The van der Waals surface area contributed by atoms with Crippen LogP contribution >= 0.6 is 15.9 Å². The standard InChI is InChI=1S/C11H13BrN2O2/c1-3-16-11(15)8(2)13-14-10-6-4-9(12)5-7-10/h4-7,14H,3H2,1-2H3/b13-8+. The molecule has 1 aromatic carbocycles. The van der Waals surface area contributed by atoms with Crippen LogP contribution in [0.5, 0.6) is 0 Å². The SMILES string of the molecule is CCOC(=O)/C(C)=N/Nc1ccc(Br)cc1. The second-order valence-corrected chi connectivity index (χ2v) is 3.95. The van der Waals surface area contributed by atoms with Crippen LogP contribution in [0, 0.1) is 0 Å². The maximum atomic E-state index is 11.2. The number of hydrogen-bond acceptors (Lipinski definition) is 4. The van der Waals surface area contributed by atoms with Crippen LogP contribution in [0.25, 0.3) is 0 Å². The van der Waals surface area contributed by atoms with Crippen molar-refractivity contribution >= 4 is 33.3 Å². The van der Waals surface area contributed by atoms with Gasteiger partial charge in [-0.2, -0.15) is 5.10 Å². The minimum Gasteiger partial charge on any atom is -0.461 e. The Kier molecular flexibility index (Phi) is 4.98. The molecule has 0 heterocycles. The molecular formula is C11H13BrN2O2. The molecular weight excluding hydrogens is 272 g/mol. The second-order valence-electron chi connectivity index (χ2n) is 3.04. The van der Waals surface area contributed by atoms with Crippen molar-refractivity contribution in [2.75, 3.05) is 12.0 Å². The molecule has 0 aliphatic carbocycles. The van der Waals surface area contributed by atoms with Crippen LogP contribution in [0.15, 0.2) is 33.8 Å². The van der Waals surface area contributed by atoms with E-state index in [1.54, 1.807) is 13.8 Å².